The van der Waals surface area contributed by atoms with Gasteiger partial charge in [0.1, 0.15) is 0 Å². The monoisotopic (exact) mass is 369 g/mol. The number of hydrogen-bond donors (Lipinski definition) is 3. The van der Waals surface area contributed by atoms with Crippen molar-refractivity contribution < 1.29 is 19.4 Å². The average molecular weight is 369 g/mol. The molecule has 7 heteroatoms. The number of aromatic hydroxyl groups is 1. The Kier molecular flexibility index (Phi) is 6.93. The van der Waals surface area contributed by atoms with Crippen LogP contribution < -0.4 is 15.5 Å². The molecule has 0 aromatic heterocycles. The molecule has 2 amide bonds. The predicted molar refractivity (Wildman–Crippen MR) is 104 cm³/mol. The van der Waals surface area contributed by atoms with Crippen LogP contribution in [0.15, 0.2) is 41.5 Å². The highest BCUT2D eigenvalue weighted by Crippen LogP contribution is 2.25. The van der Waals surface area contributed by atoms with Crippen LogP contribution in [0.25, 0.3) is 0 Å². The van der Waals surface area contributed by atoms with Gasteiger partial charge in [0.15, 0.2) is 11.5 Å². The Morgan fingerprint density at radius 3 is 2.56 bits per heavy atom. The SMILES string of the molecule is COc1cc(C=NNC(=O)CCC(=O)Nc2ccc(C)cc2C)ccc1O. The number of rotatable bonds is 7. The van der Waals surface area contributed by atoms with E-state index < -0.39 is 0 Å². The molecule has 0 fully saturated rings. The molecular weight excluding hydrogens is 346 g/mol. The number of hydrogen-bond acceptors (Lipinski definition) is 5. The van der Waals surface area contributed by atoms with Gasteiger partial charge in [0, 0.05) is 18.5 Å². The summed E-state index contributed by atoms with van der Waals surface area (Å²) >= 11 is 0. The maximum Gasteiger partial charge on any atom is 0.240 e. The van der Waals surface area contributed by atoms with Crippen molar-refractivity contribution in [2.75, 3.05) is 12.4 Å². The Bertz CT molecular complexity index is 862. The molecule has 0 aliphatic rings. The second kappa shape index (κ2) is 9.38. The van der Waals surface area contributed by atoms with Crippen molar-refractivity contribution in [3.8, 4) is 11.5 Å². The van der Waals surface area contributed by atoms with Gasteiger partial charge in [0.2, 0.25) is 11.8 Å². The molecule has 0 radical (unpaired) electrons. The van der Waals surface area contributed by atoms with E-state index in [0.717, 1.165) is 16.8 Å². The fraction of sp³-hybridized carbons (Fsp3) is 0.250. The zero-order valence-electron chi connectivity index (χ0n) is 15.6. The van der Waals surface area contributed by atoms with Crippen LogP contribution in [-0.4, -0.2) is 30.2 Å². The molecule has 0 aliphatic carbocycles. The van der Waals surface area contributed by atoms with E-state index in [9.17, 15) is 14.7 Å². The summed E-state index contributed by atoms with van der Waals surface area (Å²) in [5.41, 5.74) is 5.85. The van der Waals surface area contributed by atoms with E-state index >= 15 is 0 Å². The Labute approximate surface area is 158 Å². The van der Waals surface area contributed by atoms with E-state index in [1.807, 2.05) is 32.0 Å². The van der Waals surface area contributed by atoms with E-state index in [4.69, 9.17) is 4.74 Å². The summed E-state index contributed by atoms with van der Waals surface area (Å²) in [5.74, 6) is -0.265. The van der Waals surface area contributed by atoms with Crippen LogP contribution in [0.4, 0.5) is 5.69 Å². The van der Waals surface area contributed by atoms with Gasteiger partial charge >= 0.3 is 0 Å². The first kappa shape index (κ1) is 20.0. The van der Waals surface area contributed by atoms with Crippen molar-refractivity contribution in [3.63, 3.8) is 0 Å². The third-order valence-electron chi connectivity index (χ3n) is 3.84. The lowest BCUT2D eigenvalue weighted by Gasteiger charge is -2.08. The van der Waals surface area contributed by atoms with Gasteiger partial charge in [0.05, 0.1) is 13.3 Å². The number of benzene rings is 2. The van der Waals surface area contributed by atoms with Crippen molar-refractivity contribution in [2.24, 2.45) is 5.10 Å². The maximum atomic E-state index is 12.0. The number of nitrogens with zero attached hydrogens (tertiary/aromatic N) is 1. The molecule has 7 nitrogen and oxygen atoms in total. The molecule has 2 aromatic carbocycles. The summed E-state index contributed by atoms with van der Waals surface area (Å²) in [6.45, 7) is 3.90. The van der Waals surface area contributed by atoms with E-state index in [1.165, 1.54) is 19.4 Å². The van der Waals surface area contributed by atoms with Crippen LogP contribution in [0.2, 0.25) is 0 Å². The van der Waals surface area contributed by atoms with Crippen LogP contribution in [-0.2, 0) is 9.59 Å². The van der Waals surface area contributed by atoms with Gasteiger partial charge in [-0.2, -0.15) is 5.10 Å². The second-order valence-electron chi connectivity index (χ2n) is 6.09. The minimum atomic E-state index is -0.368. The van der Waals surface area contributed by atoms with E-state index in [2.05, 4.69) is 15.8 Å². The van der Waals surface area contributed by atoms with Gasteiger partial charge in [-0.05, 0) is 49.2 Å². The van der Waals surface area contributed by atoms with E-state index in [-0.39, 0.29) is 30.4 Å². The predicted octanol–water partition coefficient (Wildman–Crippen LogP) is 2.89. The number of ether oxygens (including phenoxy) is 1. The average Bonchev–Trinajstić information content (AvgIpc) is 2.63. The lowest BCUT2D eigenvalue weighted by atomic mass is 10.1. The number of carbonyl (C=O) groups is 2. The highest BCUT2D eigenvalue weighted by atomic mass is 16.5. The number of carbonyl (C=O) groups excluding carboxylic acids is 2. The smallest absolute Gasteiger partial charge is 0.240 e. The van der Waals surface area contributed by atoms with Gasteiger partial charge in [0.25, 0.3) is 0 Å². The quantitative estimate of drug-likeness (QED) is 0.516. The molecule has 0 heterocycles. The maximum absolute atomic E-state index is 12.0. The summed E-state index contributed by atoms with van der Waals surface area (Å²) < 4.78 is 5.00. The number of phenolic OH excluding ortho intramolecular Hbond substituents is 1. The summed E-state index contributed by atoms with van der Waals surface area (Å²) in [4.78, 5) is 23.8. The van der Waals surface area contributed by atoms with Gasteiger partial charge in [-0.3, -0.25) is 9.59 Å². The largest absolute Gasteiger partial charge is 0.504 e. The topological polar surface area (TPSA) is 100 Å². The number of hydrazone groups is 1. The Balaban J connectivity index is 1.79. The normalized spacial score (nSPS) is 10.6. The van der Waals surface area contributed by atoms with Crippen LogP contribution in [0.3, 0.4) is 0 Å². The molecule has 0 saturated carbocycles. The van der Waals surface area contributed by atoms with Gasteiger partial charge in [-0.1, -0.05) is 17.7 Å². The number of phenols is 1. The molecule has 0 unspecified atom stereocenters. The fourth-order valence-electron chi connectivity index (χ4n) is 2.40. The first-order valence-corrected chi connectivity index (χ1v) is 8.45. The van der Waals surface area contributed by atoms with Crippen molar-refractivity contribution in [2.45, 2.75) is 26.7 Å². The molecule has 3 N–H and O–H groups in total. The summed E-state index contributed by atoms with van der Waals surface area (Å²) in [6, 6.07) is 10.4. The van der Waals surface area contributed by atoms with Crippen LogP contribution in [0.1, 0.15) is 29.5 Å². The van der Waals surface area contributed by atoms with Gasteiger partial charge in [-0.25, -0.2) is 5.43 Å². The molecule has 0 atom stereocenters. The van der Waals surface area contributed by atoms with Gasteiger partial charge < -0.3 is 15.2 Å². The minimum Gasteiger partial charge on any atom is -0.504 e. The van der Waals surface area contributed by atoms with Crippen molar-refractivity contribution >= 4 is 23.7 Å². The standard InChI is InChI=1S/C20H23N3O4/c1-13-4-6-16(14(2)10-13)22-19(25)8-9-20(26)23-21-12-15-5-7-17(24)18(11-15)27-3/h4-7,10-12,24H,8-9H2,1-3H3,(H,22,25)(H,23,26). The molecule has 142 valence electrons. The molecule has 0 spiro atoms. The molecule has 27 heavy (non-hydrogen) atoms. The van der Waals surface area contributed by atoms with Crippen molar-refractivity contribution in [1.82, 2.24) is 5.43 Å². The third kappa shape index (κ3) is 6.14. The molecule has 0 bridgehead atoms. The molecule has 2 aromatic rings. The van der Waals surface area contributed by atoms with E-state index in [1.54, 1.807) is 12.1 Å². The number of methoxy groups -OCH3 is 1. The van der Waals surface area contributed by atoms with Crippen LogP contribution in [0.5, 0.6) is 11.5 Å². The van der Waals surface area contributed by atoms with Gasteiger partial charge in [-0.15, -0.1) is 0 Å². The van der Waals surface area contributed by atoms with E-state index in [0.29, 0.717) is 11.3 Å². The number of aryl methyl sites for hydroxylation is 2. The molecule has 0 aliphatic heterocycles. The Morgan fingerprint density at radius 1 is 1.11 bits per heavy atom. The fourth-order valence-corrected chi connectivity index (χ4v) is 2.40. The lowest BCUT2D eigenvalue weighted by molar-refractivity contribution is -0.124. The zero-order valence-corrected chi connectivity index (χ0v) is 15.6. The zero-order chi connectivity index (χ0) is 19.8. The Hall–Kier alpha value is -3.35. The molecule has 2 rings (SSSR count). The first-order valence-electron chi connectivity index (χ1n) is 8.45. The van der Waals surface area contributed by atoms with Crippen molar-refractivity contribution in [1.29, 1.82) is 0 Å². The van der Waals surface area contributed by atoms with Crippen LogP contribution >= 0.6 is 0 Å². The lowest BCUT2D eigenvalue weighted by Crippen LogP contribution is -2.20. The minimum absolute atomic E-state index is 0.0208. The Morgan fingerprint density at radius 2 is 1.85 bits per heavy atom. The first-order chi connectivity index (χ1) is 12.9. The molecular formula is C20H23N3O4. The highest BCUT2D eigenvalue weighted by molar-refractivity contribution is 5.94. The third-order valence-corrected chi connectivity index (χ3v) is 3.84. The number of amides is 2. The summed E-state index contributed by atoms with van der Waals surface area (Å²) in [5, 5.41) is 16.2. The van der Waals surface area contributed by atoms with Crippen LogP contribution in [0, 0.1) is 13.8 Å². The summed E-state index contributed by atoms with van der Waals surface area (Å²) in [7, 11) is 1.45. The highest BCUT2D eigenvalue weighted by Gasteiger charge is 2.08. The number of anilines is 1. The number of nitrogens with one attached hydrogen (secondary N) is 2. The second-order valence-corrected chi connectivity index (χ2v) is 6.09. The van der Waals surface area contributed by atoms with Crippen molar-refractivity contribution in [3.05, 3.63) is 53.1 Å². The molecule has 0 saturated heterocycles. The summed E-state index contributed by atoms with van der Waals surface area (Å²) in [6.07, 6.45) is 1.50.